The summed E-state index contributed by atoms with van der Waals surface area (Å²) in [6.07, 6.45) is 1.31. The Labute approximate surface area is 137 Å². The Hall–Kier alpha value is -3.37. The molecule has 0 aliphatic carbocycles. The van der Waals surface area contributed by atoms with Crippen molar-refractivity contribution in [2.24, 2.45) is 0 Å². The van der Waals surface area contributed by atoms with Crippen molar-refractivity contribution in [2.75, 3.05) is 6.54 Å². The van der Waals surface area contributed by atoms with Crippen LogP contribution in [0.2, 0.25) is 0 Å². The maximum atomic E-state index is 11.7. The van der Waals surface area contributed by atoms with Crippen molar-refractivity contribution < 1.29 is 24.9 Å². The van der Waals surface area contributed by atoms with Crippen LogP contribution in [0.3, 0.4) is 0 Å². The number of aromatic nitrogens is 1. The molecule has 0 aliphatic rings. The number of nitrogens with one attached hydrogen (secondary N) is 1. The zero-order valence-corrected chi connectivity index (χ0v) is 12.5. The maximum Gasteiger partial charge on any atom is 0.322 e. The number of hydrogen-bond donors (Lipinski definition) is 4. The SMILES string of the molecule is O=C(O)CNC(=O)c1ncc(C#Cc2ccc(CO)cc2)cc1O. The highest BCUT2D eigenvalue weighted by molar-refractivity contribution is 5.96. The monoisotopic (exact) mass is 326 g/mol. The van der Waals surface area contributed by atoms with Crippen LogP contribution in [-0.4, -0.2) is 38.7 Å². The van der Waals surface area contributed by atoms with Crippen LogP contribution >= 0.6 is 0 Å². The van der Waals surface area contributed by atoms with Crippen LogP contribution in [0.25, 0.3) is 0 Å². The Morgan fingerprint density at radius 1 is 1.12 bits per heavy atom. The van der Waals surface area contributed by atoms with Crippen molar-refractivity contribution in [3.8, 4) is 17.6 Å². The molecule has 24 heavy (non-hydrogen) atoms. The zero-order valence-electron chi connectivity index (χ0n) is 12.5. The van der Waals surface area contributed by atoms with E-state index < -0.39 is 18.4 Å². The second kappa shape index (κ2) is 7.76. The van der Waals surface area contributed by atoms with Crippen LogP contribution in [0, 0.1) is 11.8 Å². The number of pyridine rings is 1. The summed E-state index contributed by atoms with van der Waals surface area (Å²) in [6.45, 7) is -0.609. The highest BCUT2D eigenvalue weighted by atomic mass is 16.4. The minimum absolute atomic E-state index is 0.0447. The predicted molar refractivity (Wildman–Crippen MR) is 84.2 cm³/mol. The third-order valence-corrected chi connectivity index (χ3v) is 2.97. The summed E-state index contributed by atoms with van der Waals surface area (Å²) in [7, 11) is 0. The first-order chi connectivity index (χ1) is 11.5. The molecule has 0 radical (unpaired) electrons. The van der Waals surface area contributed by atoms with Crippen molar-refractivity contribution in [1.82, 2.24) is 10.3 Å². The van der Waals surface area contributed by atoms with Crippen molar-refractivity contribution in [3.63, 3.8) is 0 Å². The van der Waals surface area contributed by atoms with E-state index in [1.807, 2.05) is 0 Å². The number of benzene rings is 1. The molecular weight excluding hydrogens is 312 g/mol. The number of aliphatic hydroxyl groups excluding tert-OH is 1. The molecule has 1 aromatic carbocycles. The zero-order chi connectivity index (χ0) is 17.5. The molecule has 0 saturated carbocycles. The smallest absolute Gasteiger partial charge is 0.322 e. The normalized spacial score (nSPS) is 9.71. The molecule has 4 N–H and O–H groups in total. The van der Waals surface area contributed by atoms with E-state index in [0.717, 1.165) is 11.1 Å². The number of carbonyl (C=O) groups excluding carboxylic acids is 1. The second-order valence-corrected chi connectivity index (χ2v) is 4.77. The van der Waals surface area contributed by atoms with Gasteiger partial charge in [0.2, 0.25) is 0 Å². The molecule has 1 heterocycles. The number of rotatable bonds is 4. The van der Waals surface area contributed by atoms with E-state index in [2.05, 4.69) is 22.1 Å². The number of aromatic hydroxyl groups is 1. The summed E-state index contributed by atoms with van der Waals surface area (Å²) in [4.78, 5) is 25.9. The van der Waals surface area contributed by atoms with Crippen molar-refractivity contribution in [2.45, 2.75) is 6.61 Å². The number of carboxylic acid groups (broad SMARTS) is 1. The van der Waals surface area contributed by atoms with Crippen LogP contribution in [0.4, 0.5) is 0 Å². The highest BCUT2D eigenvalue weighted by Gasteiger charge is 2.13. The minimum atomic E-state index is -1.20. The number of amides is 1. The van der Waals surface area contributed by atoms with Gasteiger partial charge in [-0.1, -0.05) is 24.0 Å². The number of nitrogens with zero attached hydrogens (tertiary/aromatic N) is 1. The minimum Gasteiger partial charge on any atom is -0.505 e. The Bertz CT molecular complexity index is 819. The van der Waals surface area contributed by atoms with Gasteiger partial charge in [0, 0.05) is 17.3 Å². The van der Waals surface area contributed by atoms with Gasteiger partial charge < -0.3 is 20.6 Å². The van der Waals surface area contributed by atoms with Crippen molar-refractivity contribution in [1.29, 1.82) is 0 Å². The van der Waals surface area contributed by atoms with E-state index in [1.54, 1.807) is 24.3 Å². The summed E-state index contributed by atoms with van der Waals surface area (Å²) in [6, 6.07) is 8.27. The van der Waals surface area contributed by atoms with Gasteiger partial charge >= 0.3 is 5.97 Å². The van der Waals surface area contributed by atoms with Gasteiger partial charge in [-0.25, -0.2) is 4.98 Å². The Kier molecular flexibility index (Phi) is 5.49. The lowest BCUT2D eigenvalue weighted by Crippen LogP contribution is -2.29. The molecule has 7 heteroatoms. The molecular formula is C17H14N2O5. The molecule has 0 unspecified atom stereocenters. The molecule has 0 spiro atoms. The molecule has 0 atom stereocenters. The average molecular weight is 326 g/mol. The van der Waals surface area contributed by atoms with E-state index in [-0.39, 0.29) is 18.1 Å². The summed E-state index contributed by atoms with van der Waals surface area (Å²) in [5.74, 6) is 3.29. The van der Waals surface area contributed by atoms with Gasteiger partial charge in [0.15, 0.2) is 5.69 Å². The van der Waals surface area contributed by atoms with E-state index in [4.69, 9.17) is 10.2 Å². The molecule has 0 aliphatic heterocycles. The molecule has 0 fully saturated rings. The largest absolute Gasteiger partial charge is 0.505 e. The maximum absolute atomic E-state index is 11.7. The van der Waals surface area contributed by atoms with Crippen LogP contribution in [0.5, 0.6) is 5.75 Å². The Balaban J connectivity index is 2.13. The van der Waals surface area contributed by atoms with Crippen LogP contribution in [0.1, 0.15) is 27.2 Å². The van der Waals surface area contributed by atoms with E-state index in [1.165, 1.54) is 12.3 Å². The van der Waals surface area contributed by atoms with Crippen LogP contribution in [-0.2, 0) is 11.4 Å². The molecule has 1 aromatic heterocycles. The van der Waals surface area contributed by atoms with Gasteiger partial charge in [-0.15, -0.1) is 0 Å². The topological polar surface area (TPSA) is 120 Å². The molecule has 7 nitrogen and oxygen atoms in total. The van der Waals surface area contributed by atoms with Gasteiger partial charge in [0.05, 0.1) is 6.61 Å². The number of carboxylic acids is 1. The van der Waals surface area contributed by atoms with E-state index in [0.29, 0.717) is 5.56 Å². The lowest BCUT2D eigenvalue weighted by Gasteiger charge is -2.04. The van der Waals surface area contributed by atoms with Gasteiger partial charge in [-0.2, -0.15) is 0 Å². The van der Waals surface area contributed by atoms with Gasteiger partial charge in [0.1, 0.15) is 12.3 Å². The quantitative estimate of drug-likeness (QED) is 0.607. The van der Waals surface area contributed by atoms with Crippen LogP contribution < -0.4 is 5.32 Å². The second-order valence-electron chi connectivity index (χ2n) is 4.77. The summed E-state index contributed by atoms with van der Waals surface area (Å²) in [5, 5.41) is 29.4. The number of carbonyl (C=O) groups is 2. The third kappa shape index (κ3) is 4.56. The van der Waals surface area contributed by atoms with E-state index in [9.17, 15) is 14.7 Å². The molecule has 0 bridgehead atoms. The Morgan fingerprint density at radius 2 is 1.79 bits per heavy atom. The van der Waals surface area contributed by atoms with Gasteiger partial charge in [-0.05, 0) is 23.8 Å². The number of aliphatic carboxylic acids is 1. The number of hydrogen-bond acceptors (Lipinski definition) is 5. The summed E-state index contributed by atoms with van der Waals surface area (Å²) >= 11 is 0. The van der Waals surface area contributed by atoms with E-state index >= 15 is 0 Å². The predicted octanol–water partition coefficient (Wildman–Crippen LogP) is 0.494. The highest BCUT2D eigenvalue weighted by Crippen LogP contribution is 2.15. The first-order valence-corrected chi connectivity index (χ1v) is 6.90. The first kappa shape index (κ1) is 17.0. The summed E-state index contributed by atoms with van der Waals surface area (Å²) in [5.41, 5.74) is 1.62. The van der Waals surface area contributed by atoms with Crippen molar-refractivity contribution >= 4 is 11.9 Å². The van der Waals surface area contributed by atoms with Crippen molar-refractivity contribution in [3.05, 3.63) is 58.9 Å². The van der Waals surface area contributed by atoms with Gasteiger partial charge in [0.25, 0.3) is 5.91 Å². The number of aliphatic hydroxyl groups is 1. The average Bonchev–Trinajstić information content (AvgIpc) is 2.58. The van der Waals surface area contributed by atoms with Crippen LogP contribution in [0.15, 0.2) is 36.5 Å². The first-order valence-electron chi connectivity index (χ1n) is 6.90. The molecule has 2 aromatic rings. The Morgan fingerprint density at radius 3 is 2.38 bits per heavy atom. The fraction of sp³-hybridized carbons (Fsp3) is 0.118. The lowest BCUT2D eigenvalue weighted by atomic mass is 10.1. The molecule has 122 valence electrons. The van der Waals surface area contributed by atoms with Gasteiger partial charge in [-0.3, -0.25) is 9.59 Å². The lowest BCUT2D eigenvalue weighted by molar-refractivity contribution is -0.135. The standard InChI is InChI=1S/C17H14N2O5/c20-10-12-4-1-11(2-5-12)3-6-13-7-14(21)16(18-8-13)17(24)19-9-15(22)23/h1-2,4-5,7-8,20-21H,9-10H2,(H,19,24)(H,22,23). The molecule has 1 amide bonds. The molecule has 0 saturated heterocycles. The molecule has 2 rings (SSSR count). The summed E-state index contributed by atoms with van der Waals surface area (Å²) < 4.78 is 0. The fourth-order valence-corrected chi connectivity index (χ4v) is 1.77. The fourth-order valence-electron chi connectivity index (χ4n) is 1.77. The third-order valence-electron chi connectivity index (χ3n) is 2.97.